The fourth-order valence-corrected chi connectivity index (χ4v) is 6.73. The monoisotopic (exact) mass is 260 g/mol. The van der Waals surface area contributed by atoms with E-state index in [0.29, 0.717) is 0 Å². The Morgan fingerprint density at radius 3 is 1.47 bits per heavy atom. The van der Waals surface area contributed by atoms with Crippen molar-refractivity contribution >= 4 is 0 Å². The Kier molecular flexibility index (Phi) is 3.40. The first-order chi connectivity index (χ1) is 9.34. The maximum atomic E-state index is 2.54. The molecule has 0 amide bonds. The quantitative estimate of drug-likeness (QED) is 0.527. The van der Waals surface area contributed by atoms with Crippen molar-refractivity contribution < 1.29 is 0 Å². The summed E-state index contributed by atoms with van der Waals surface area (Å²) in [5.41, 5.74) is 0. The van der Waals surface area contributed by atoms with E-state index >= 15 is 0 Å². The Labute approximate surface area is 119 Å². The van der Waals surface area contributed by atoms with Crippen molar-refractivity contribution in [2.75, 3.05) is 0 Å². The lowest BCUT2D eigenvalue weighted by atomic mass is 9.45. The standard InChI is InChI=1S/C19H32/c1-13-6-2-3-9-16-14-7-4-5-8-15(14)17-10-11-18(17)19(16)12-13/h13-19H,2-12H2,1H3. The van der Waals surface area contributed by atoms with E-state index in [2.05, 4.69) is 6.92 Å². The molecular weight excluding hydrogens is 228 g/mol. The fourth-order valence-electron chi connectivity index (χ4n) is 6.73. The van der Waals surface area contributed by atoms with Crippen LogP contribution < -0.4 is 0 Å². The summed E-state index contributed by atoms with van der Waals surface area (Å²) < 4.78 is 0. The van der Waals surface area contributed by atoms with Crippen molar-refractivity contribution in [3.8, 4) is 0 Å². The Balaban J connectivity index is 1.60. The van der Waals surface area contributed by atoms with Gasteiger partial charge >= 0.3 is 0 Å². The molecule has 0 N–H and O–H groups in total. The number of hydrogen-bond donors (Lipinski definition) is 0. The molecule has 7 unspecified atom stereocenters. The van der Waals surface area contributed by atoms with Crippen LogP contribution >= 0.6 is 0 Å². The Morgan fingerprint density at radius 2 is 0.895 bits per heavy atom. The molecule has 4 aliphatic rings. The molecule has 4 aliphatic carbocycles. The zero-order valence-corrected chi connectivity index (χ0v) is 12.8. The van der Waals surface area contributed by atoms with Crippen LogP contribution in [0.1, 0.15) is 77.6 Å². The Morgan fingerprint density at radius 1 is 0.474 bits per heavy atom. The molecule has 7 atom stereocenters. The molecule has 108 valence electrons. The summed E-state index contributed by atoms with van der Waals surface area (Å²) in [6, 6.07) is 0. The van der Waals surface area contributed by atoms with Crippen molar-refractivity contribution in [1.29, 1.82) is 0 Å². The molecule has 19 heavy (non-hydrogen) atoms. The molecule has 0 nitrogen and oxygen atoms in total. The van der Waals surface area contributed by atoms with Gasteiger partial charge in [0.1, 0.15) is 0 Å². The maximum absolute atomic E-state index is 2.54. The van der Waals surface area contributed by atoms with E-state index in [1.165, 1.54) is 30.6 Å². The summed E-state index contributed by atoms with van der Waals surface area (Å²) in [7, 11) is 0. The van der Waals surface area contributed by atoms with Gasteiger partial charge in [-0.3, -0.25) is 0 Å². The van der Waals surface area contributed by atoms with Gasteiger partial charge in [-0.25, -0.2) is 0 Å². The zero-order chi connectivity index (χ0) is 12.8. The van der Waals surface area contributed by atoms with Crippen LogP contribution in [0.15, 0.2) is 0 Å². The van der Waals surface area contributed by atoms with Crippen molar-refractivity contribution in [3.63, 3.8) is 0 Å². The first kappa shape index (κ1) is 12.7. The summed E-state index contributed by atoms with van der Waals surface area (Å²) in [4.78, 5) is 0. The predicted molar refractivity (Wildman–Crippen MR) is 80.9 cm³/mol. The highest BCUT2D eigenvalue weighted by Gasteiger charge is 2.53. The van der Waals surface area contributed by atoms with E-state index in [-0.39, 0.29) is 0 Å². The van der Waals surface area contributed by atoms with Crippen LogP contribution in [-0.2, 0) is 0 Å². The van der Waals surface area contributed by atoms with Crippen molar-refractivity contribution in [2.45, 2.75) is 77.6 Å². The molecule has 0 heteroatoms. The number of fused-ring (bicyclic) bond motifs is 6. The highest BCUT2D eigenvalue weighted by Crippen LogP contribution is 2.61. The van der Waals surface area contributed by atoms with Gasteiger partial charge in [0.2, 0.25) is 0 Å². The van der Waals surface area contributed by atoms with E-state index in [1.54, 1.807) is 57.8 Å². The average molecular weight is 260 g/mol. The first-order valence-electron chi connectivity index (χ1n) is 9.34. The highest BCUT2D eigenvalue weighted by molar-refractivity contribution is 5.02. The van der Waals surface area contributed by atoms with E-state index in [9.17, 15) is 0 Å². The van der Waals surface area contributed by atoms with E-state index in [4.69, 9.17) is 0 Å². The molecular formula is C19H32. The minimum Gasteiger partial charge on any atom is -0.0625 e. The Bertz CT molecular complexity index is 320. The molecule has 0 spiro atoms. The average Bonchev–Trinajstić information content (AvgIpc) is 2.35. The third kappa shape index (κ3) is 2.09. The zero-order valence-electron chi connectivity index (χ0n) is 12.8. The lowest BCUT2D eigenvalue weighted by Crippen LogP contribution is -2.52. The number of hydrogen-bond acceptors (Lipinski definition) is 0. The van der Waals surface area contributed by atoms with Gasteiger partial charge in [0.15, 0.2) is 0 Å². The minimum atomic E-state index is 1.02. The van der Waals surface area contributed by atoms with Gasteiger partial charge in [0.05, 0.1) is 0 Å². The topological polar surface area (TPSA) is 0 Å². The van der Waals surface area contributed by atoms with Gasteiger partial charge in [-0.05, 0) is 80.0 Å². The van der Waals surface area contributed by atoms with Gasteiger partial charge in [-0.15, -0.1) is 0 Å². The molecule has 0 aromatic rings. The molecule has 0 bridgehead atoms. The molecule has 0 aromatic carbocycles. The minimum absolute atomic E-state index is 1.02. The van der Waals surface area contributed by atoms with Gasteiger partial charge in [-0.2, -0.15) is 0 Å². The summed E-state index contributed by atoms with van der Waals surface area (Å²) in [5.74, 6) is 7.99. The predicted octanol–water partition coefficient (Wildman–Crippen LogP) is 5.67. The molecule has 0 heterocycles. The van der Waals surface area contributed by atoms with E-state index in [1.807, 2.05) is 0 Å². The van der Waals surface area contributed by atoms with Crippen molar-refractivity contribution in [3.05, 3.63) is 0 Å². The lowest BCUT2D eigenvalue weighted by molar-refractivity contribution is -0.107. The molecule has 4 fully saturated rings. The molecule has 0 radical (unpaired) electrons. The SMILES string of the molecule is CC1CCCCC2C3CCCCC3C3CCC3C2C1. The third-order valence-electron chi connectivity index (χ3n) is 7.62. The summed E-state index contributed by atoms with van der Waals surface area (Å²) >= 11 is 0. The summed E-state index contributed by atoms with van der Waals surface area (Å²) in [5, 5.41) is 0. The smallest absolute Gasteiger partial charge is 0.0349 e. The maximum Gasteiger partial charge on any atom is -0.0349 e. The molecule has 0 aromatic heterocycles. The molecule has 0 saturated heterocycles. The molecule has 4 saturated carbocycles. The van der Waals surface area contributed by atoms with Crippen LogP contribution in [0.3, 0.4) is 0 Å². The third-order valence-corrected chi connectivity index (χ3v) is 7.62. The largest absolute Gasteiger partial charge is 0.0625 e. The molecule has 4 rings (SSSR count). The summed E-state index contributed by atoms with van der Waals surface area (Å²) in [6.07, 6.45) is 17.3. The van der Waals surface area contributed by atoms with Crippen LogP contribution in [0.2, 0.25) is 0 Å². The van der Waals surface area contributed by atoms with Crippen LogP contribution in [0.25, 0.3) is 0 Å². The second kappa shape index (κ2) is 5.08. The number of rotatable bonds is 0. The van der Waals surface area contributed by atoms with E-state index in [0.717, 1.165) is 23.7 Å². The molecule has 0 aliphatic heterocycles. The Hall–Kier alpha value is 0. The van der Waals surface area contributed by atoms with Gasteiger partial charge in [0.25, 0.3) is 0 Å². The van der Waals surface area contributed by atoms with Crippen molar-refractivity contribution in [2.24, 2.45) is 41.4 Å². The van der Waals surface area contributed by atoms with E-state index < -0.39 is 0 Å². The van der Waals surface area contributed by atoms with Crippen molar-refractivity contribution in [1.82, 2.24) is 0 Å². The van der Waals surface area contributed by atoms with Crippen LogP contribution in [0.4, 0.5) is 0 Å². The van der Waals surface area contributed by atoms with Crippen LogP contribution in [0, 0.1) is 41.4 Å². The first-order valence-corrected chi connectivity index (χ1v) is 9.34. The van der Waals surface area contributed by atoms with Gasteiger partial charge < -0.3 is 0 Å². The van der Waals surface area contributed by atoms with Crippen LogP contribution in [0.5, 0.6) is 0 Å². The second-order valence-electron chi connectivity index (χ2n) is 8.47. The van der Waals surface area contributed by atoms with Crippen LogP contribution in [-0.4, -0.2) is 0 Å². The summed E-state index contributed by atoms with van der Waals surface area (Å²) in [6.45, 7) is 2.54. The normalized spacial score (nSPS) is 53.8. The lowest BCUT2D eigenvalue weighted by Gasteiger charge is -2.60. The second-order valence-corrected chi connectivity index (χ2v) is 8.47. The fraction of sp³-hybridized carbons (Fsp3) is 1.00. The van der Waals surface area contributed by atoms with Gasteiger partial charge in [-0.1, -0.05) is 39.0 Å². The highest BCUT2D eigenvalue weighted by atomic mass is 14.6. The van der Waals surface area contributed by atoms with Gasteiger partial charge in [0, 0.05) is 0 Å².